The predicted molar refractivity (Wildman–Crippen MR) is 97.4 cm³/mol. The van der Waals surface area contributed by atoms with Crippen LogP contribution in [0.3, 0.4) is 0 Å². The average Bonchev–Trinajstić information content (AvgIpc) is 3.25. The van der Waals surface area contributed by atoms with Crippen LogP contribution < -0.4 is 4.90 Å². The molecule has 1 atom stereocenters. The summed E-state index contributed by atoms with van der Waals surface area (Å²) in [6.45, 7) is 11.4. The lowest BCUT2D eigenvalue weighted by Gasteiger charge is -2.22. The van der Waals surface area contributed by atoms with E-state index in [1.165, 1.54) is 4.80 Å². The van der Waals surface area contributed by atoms with Crippen LogP contribution in [0.1, 0.15) is 51.3 Å². The first-order chi connectivity index (χ1) is 12.6. The molecule has 1 saturated heterocycles. The van der Waals surface area contributed by atoms with Crippen molar-refractivity contribution < 1.29 is 9.74 Å². The van der Waals surface area contributed by atoms with Crippen molar-refractivity contribution in [3.05, 3.63) is 17.2 Å². The Bertz CT molecular complexity index is 985. The number of rotatable bonds is 3. The molecular formula is C17H24N8O2. The Morgan fingerprint density at radius 3 is 2.56 bits per heavy atom. The molecular weight excluding hydrogens is 348 g/mol. The summed E-state index contributed by atoms with van der Waals surface area (Å²) in [7, 11) is 0. The maximum absolute atomic E-state index is 10.4. The lowest BCUT2D eigenvalue weighted by Crippen LogP contribution is -2.31. The molecule has 3 aromatic heterocycles. The number of aryl methyl sites for hydroxylation is 1. The molecule has 0 bridgehead atoms. The number of fused-ring (bicyclic) bond motifs is 1. The Kier molecular flexibility index (Phi) is 3.91. The summed E-state index contributed by atoms with van der Waals surface area (Å²) in [6, 6.07) is 0. The first-order valence-electron chi connectivity index (χ1n) is 9.01. The SMILES string of the molecule is Cc1nonc1Cn1nc2nc(C(C)(C)C)nc(N3CC[C@@](C)(O)C3)c2n1. The summed E-state index contributed by atoms with van der Waals surface area (Å²) in [5.41, 5.74) is 1.55. The van der Waals surface area contributed by atoms with E-state index in [1.807, 2.05) is 13.8 Å². The summed E-state index contributed by atoms with van der Waals surface area (Å²) in [4.78, 5) is 13.0. The summed E-state index contributed by atoms with van der Waals surface area (Å²) < 4.78 is 4.75. The van der Waals surface area contributed by atoms with E-state index in [-0.39, 0.29) is 5.41 Å². The number of β-amino-alcohol motifs (C(OH)–C–C–N with tert-alkyl or cyclic N) is 1. The van der Waals surface area contributed by atoms with Crippen molar-refractivity contribution in [2.24, 2.45) is 0 Å². The van der Waals surface area contributed by atoms with Gasteiger partial charge in [0.15, 0.2) is 11.3 Å². The Hall–Kier alpha value is -2.62. The number of aromatic nitrogens is 7. The van der Waals surface area contributed by atoms with Crippen molar-refractivity contribution >= 4 is 17.0 Å². The van der Waals surface area contributed by atoms with Gasteiger partial charge in [0, 0.05) is 18.5 Å². The van der Waals surface area contributed by atoms with Crippen LogP contribution in [0.2, 0.25) is 0 Å². The standard InChI is InChI=1S/C17H24N8O2/c1-10-11(23-27-22-10)8-25-20-12-13(21-25)18-15(16(2,3)4)19-14(12)24-7-6-17(5,26)9-24/h26H,6-9H2,1-5H3/t17-/m1/s1. The highest BCUT2D eigenvalue weighted by Gasteiger charge is 2.34. The molecule has 4 heterocycles. The van der Waals surface area contributed by atoms with Gasteiger partial charge in [-0.1, -0.05) is 31.1 Å². The molecule has 1 aliphatic heterocycles. The van der Waals surface area contributed by atoms with E-state index in [1.54, 1.807) is 0 Å². The van der Waals surface area contributed by atoms with Gasteiger partial charge in [0.25, 0.3) is 0 Å². The number of hydrogen-bond donors (Lipinski definition) is 1. The molecule has 4 rings (SSSR count). The van der Waals surface area contributed by atoms with Crippen LogP contribution in [0.5, 0.6) is 0 Å². The van der Waals surface area contributed by atoms with Gasteiger partial charge in [-0.25, -0.2) is 14.6 Å². The third-order valence-electron chi connectivity index (χ3n) is 4.73. The number of aliphatic hydroxyl groups is 1. The van der Waals surface area contributed by atoms with Crippen LogP contribution in [0.15, 0.2) is 4.63 Å². The average molecular weight is 372 g/mol. The molecule has 0 aliphatic carbocycles. The highest BCUT2D eigenvalue weighted by Crippen LogP contribution is 2.31. The fraction of sp³-hybridized carbons (Fsp3) is 0.647. The third-order valence-corrected chi connectivity index (χ3v) is 4.73. The number of hydrogen-bond acceptors (Lipinski definition) is 9. The molecule has 0 unspecified atom stereocenters. The van der Waals surface area contributed by atoms with E-state index >= 15 is 0 Å². The lowest BCUT2D eigenvalue weighted by atomic mass is 9.96. The van der Waals surface area contributed by atoms with Crippen molar-refractivity contribution in [3.8, 4) is 0 Å². The van der Waals surface area contributed by atoms with Gasteiger partial charge in [0.05, 0.1) is 5.60 Å². The molecule has 1 fully saturated rings. The van der Waals surface area contributed by atoms with Crippen molar-refractivity contribution in [3.63, 3.8) is 0 Å². The molecule has 0 amide bonds. The van der Waals surface area contributed by atoms with Crippen LogP contribution in [0.4, 0.5) is 5.82 Å². The maximum Gasteiger partial charge on any atom is 0.207 e. The molecule has 10 nitrogen and oxygen atoms in total. The largest absolute Gasteiger partial charge is 0.388 e. The van der Waals surface area contributed by atoms with E-state index < -0.39 is 5.60 Å². The van der Waals surface area contributed by atoms with Crippen molar-refractivity contribution in [2.75, 3.05) is 18.0 Å². The van der Waals surface area contributed by atoms with E-state index in [2.05, 4.69) is 51.2 Å². The minimum atomic E-state index is -0.737. The fourth-order valence-corrected chi connectivity index (χ4v) is 3.12. The smallest absolute Gasteiger partial charge is 0.207 e. The second kappa shape index (κ2) is 5.95. The van der Waals surface area contributed by atoms with Gasteiger partial charge in [0.1, 0.15) is 23.8 Å². The van der Waals surface area contributed by atoms with Gasteiger partial charge >= 0.3 is 0 Å². The molecule has 0 spiro atoms. The van der Waals surface area contributed by atoms with Crippen molar-refractivity contribution in [2.45, 2.75) is 58.6 Å². The molecule has 0 radical (unpaired) electrons. The monoisotopic (exact) mass is 372 g/mol. The number of nitrogens with zero attached hydrogens (tertiary/aromatic N) is 8. The first kappa shape index (κ1) is 17.8. The maximum atomic E-state index is 10.4. The van der Waals surface area contributed by atoms with E-state index in [0.29, 0.717) is 60.2 Å². The van der Waals surface area contributed by atoms with Gasteiger partial charge < -0.3 is 10.0 Å². The molecule has 0 aromatic carbocycles. The van der Waals surface area contributed by atoms with Gasteiger partial charge in [-0.05, 0) is 20.3 Å². The summed E-state index contributed by atoms with van der Waals surface area (Å²) in [5, 5.41) is 27.2. The predicted octanol–water partition coefficient (Wildman–Crippen LogP) is 1.22. The quantitative estimate of drug-likeness (QED) is 0.723. The molecule has 0 saturated carbocycles. The van der Waals surface area contributed by atoms with Gasteiger partial charge in [-0.3, -0.25) is 0 Å². The van der Waals surface area contributed by atoms with Crippen LogP contribution in [-0.4, -0.2) is 59.1 Å². The first-order valence-corrected chi connectivity index (χ1v) is 9.01. The second-order valence-electron chi connectivity index (χ2n) is 8.49. The van der Waals surface area contributed by atoms with Crippen LogP contribution in [0, 0.1) is 6.92 Å². The molecule has 1 N–H and O–H groups in total. The summed E-state index contributed by atoms with van der Waals surface area (Å²) in [5.74, 6) is 1.41. The Morgan fingerprint density at radius 2 is 1.96 bits per heavy atom. The zero-order valence-corrected chi connectivity index (χ0v) is 16.3. The lowest BCUT2D eigenvalue weighted by molar-refractivity contribution is 0.0839. The minimum Gasteiger partial charge on any atom is -0.388 e. The molecule has 3 aromatic rings. The normalized spacial score (nSPS) is 20.7. The minimum absolute atomic E-state index is 0.235. The Morgan fingerprint density at radius 1 is 1.19 bits per heavy atom. The Labute approximate surface area is 156 Å². The summed E-state index contributed by atoms with van der Waals surface area (Å²) >= 11 is 0. The van der Waals surface area contributed by atoms with E-state index in [9.17, 15) is 5.11 Å². The van der Waals surface area contributed by atoms with E-state index in [0.717, 1.165) is 0 Å². The van der Waals surface area contributed by atoms with Crippen LogP contribution >= 0.6 is 0 Å². The fourth-order valence-electron chi connectivity index (χ4n) is 3.12. The van der Waals surface area contributed by atoms with Crippen molar-refractivity contribution in [1.29, 1.82) is 0 Å². The molecule has 10 heteroatoms. The highest BCUT2D eigenvalue weighted by molar-refractivity contribution is 5.82. The molecule has 144 valence electrons. The second-order valence-corrected chi connectivity index (χ2v) is 8.49. The van der Waals surface area contributed by atoms with Gasteiger partial charge in [-0.2, -0.15) is 4.80 Å². The highest BCUT2D eigenvalue weighted by atomic mass is 16.6. The molecule has 27 heavy (non-hydrogen) atoms. The number of anilines is 1. The zero-order chi connectivity index (χ0) is 19.4. The van der Waals surface area contributed by atoms with Crippen LogP contribution in [0.25, 0.3) is 11.2 Å². The zero-order valence-electron chi connectivity index (χ0n) is 16.3. The van der Waals surface area contributed by atoms with Gasteiger partial charge in [0.2, 0.25) is 5.65 Å². The molecule has 1 aliphatic rings. The topological polar surface area (TPSA) is 119 Å². The third kappa shape index (κ3) is 3.36. The van der Waals surface area contributed by atoms with Crippen molar-refractivity contribution in [1.82, 2.24) is 35.3 Å². The van der Waals surface area contributed by atoms with Gasteiger partial charge in [-0.15, -0.1) is 10.2 Å². The summed E-state index contributed by atoms with van der Waals surface area (Å²) in [6.07, 6.45) is 0.682. The van der Waals surface area contributed by atoms with E-state index in [4.69, 9.17) is 9.61 Å². The Balaban J connectivity index is 1.80. The van der Waals surface area contributed by atoms with Crippen LogP contribution in [-0.2, 0) is 12.0 Å².